The summed E-state index contributed by atoms with van der Waals surface area (Å²) in [6.07, 6.45) is -3.25. The molecule has 0 saturated heterocycles. The first-order valence-corrected chi connectivity index (χ1v) is 6.36. The number of alkyl halides is 3. The fourth-order valence-corrected chi connectivity index (χ4v) is 2.77. The van der Waals surface area contributed by atoms with E-state index in [-0.39, 0.29) is 18.5 Å². The molecule has 0 spiro atoms. The van der Waals surface area contributed by atoms with Crippen LogP contribution in [0.25, 0.3) is 0 Å². The Labute approximate surface area is 111 Å². The van der Waals surface area contributed by atoms with E-state index in [0.29, 0.717) is 12.8 Å². The number of hydrogen-bond acceptors (Lipinski definition) is 3. The van der Waals surface area contributed by atoms with Crippen LogP contribution in [0, 0.1) is 0 Å². The molecule has 2 atom stereocenters. The van der Waals surface area contributed by atoms with Gasteiger partial charge in [0, 0.05) is 12.1 Å². The van der Waals surface area contributed by atoms with Crippen LogP contribution < -0.4 is 5.32 Å². The summed E-state index contributed by atoms with van der Waals surface area (Å²) in [6, 6.07) is -0.627. The van der Waals surface area contributed by atoms with Gasteiger partial charge in [0.2, 0.25) is 0 Å². The first kappa shape index (κ1) is 16.2. The van der Waals surface area contributed by atoms with Crippen molar-refractivity contribution in [1.82, 2.24) is 10.2 Å². The van der Waals surface area contributed by atoms with Gasteiger partial charge in [0.15, 0.2) is 0 Å². The summed E-state index contributed by atoms with van der Waals surface area (Å²) in [5.41, 5.74) is -1.09. The summed E-state index contributed by atoms with van der Waals surface area (Å²) in [4.78, 5) is 12.6. The van der Waals surface area contributed by atoms with Crippen LogP contribution in [0.2, 0.25) is 0 Å². The molecule has 7 heteroatoms. The molecule has 1 saturated carbocycles. The van der Waals surface area contributed by atoms with E-state index in [4.69, 9.17) is 0 Å². The van der Waals surface area contributed by atoms with E-state index in [0.717, 1.165) is 0 Å². The van der Waals surface area contributed by atoms with Crippen molar-refractivity contribution in [3.8, 4) is 0 Å². The minimum absolute atomic E-state index is 0.201. The fraction of sp³-hybridized carbons (Fsp3) is 0.917. The van der Waals surface area contributed by atoms with Crippen molar-refractivity contribution in [2.75, 3.05) is 13.6 Å². The quantitative estimate of drug-likeness (QED) is 0.808. The molecule has 0 aliphatic heterocycles. The van der Waals surface area contributed by atoms with Gasteiger partial charge in [-0.3, -0.25) is 9.69 Å². The van der Waals surface area contributed by atoms with Crippen molar-refractivity contribution < 1.29 is 23.1 Å². The van der Waals surface area contributed by atoms with Crippen LogP contribution in [0.15, 0.2) is 0 Å². The average Bonchev–Trinajstić information content (AvgIpc) is 2.69. The van der Waals surface area contributed by atoms with E-state index in [9.17, 15) is 23.1 Å². The molecule has 19 heavy (non-hydrogen) atoms. The molecule has 1 aliphatic carbocycles. The van der Waals surface area contributed by atoms with Crippen LogP contribution in [0.3, 0.4) is 0 Å². The van der Waals surface area contributed by atoms with Crippen LogP contribution in [-0.2, 0) is 4.79 Å². The minimum atomic E-state index is -4.27. The third-order valence-electron chi connectivity index (χ3n) is 3.87. The second kappa shape index (κ2) is 5.66. The number of nitrogens with one attached hydrogen (secondary N) is 1. The molecule has 1 fully saturated rings. The van der Waals surface area contributed by atoms with E-state index in [1.165, 1.54) is 4.90 Å². The van der Waals surface area contributed by atoms with Crippen LogP contribution >= 0.6 is 0 Å². The van der Waals surface area contributed by atoms with Crippen LogP contribution in [-0.4, -0.2) is 53.4 Å². The van der Waals surface area contributed by atoms with Crippen molar-refractivity contribution in [3.05, 3.63) is 0 Å². The van der Waals surface area contributed by atoms with E-state index < -0.39 is 24.2 Å². The fourth-order valence-electron chi connectivity index (χ4n) is 2.77. The topological polar surface area (TPSA) is 52.6 Å². The van der Waals surface area contributed by atoms with E-state index in [1.807, 2.05) is 0 Å². The highest BCUT2D eigenvalue weighted by Gasteiger charge is 2.47. The number of aliphatic carboxylic acids is 1. The van der Waals surface area contributed by atoms with Gasteiger partial charge < -0.3 is 10.4 Å². The van der Waals surface area contributed by atoms with E-state index in [1.54, 1.807) is 20.9 Å². The van der Waals surface area contributed by atoms with Gasteiger partial charge in [-0.2, -0.15) is 13.2 Å². The number of likely N-dealkylation sites (N-methyl/N-ethyl adjacent to an activating group) is 1. The molecule has 4 nitrogen and oxygen atoms in total. The molecule has 0 heterocycles. The molecule has 2 N–H and O–H groups in total. The van der Waals surface area contributed by atoms with E-state index >= 15 is 0 Å². The Balaban J connectivity index is 2.82. The maximum absolute atomic E-state index is 12.6. The summed E-state index contributed by atoms with van der Waals surface area (Å²) in [5.74, 6) is -0.992. The Morgan fingerprint density at radius 2 is 2.11 bits per heavy atom. The standard InChI is InChI=1S/C12H21F3N2O2/c1-8(2)17(7-12(13,14)15)9-4-5-11(6-9,16-3)10(18)19/h8-9,16H,4-7H2,1-3H3,(H,18,19). The van der Waals surface area contributed by atoms with Gasteiger partial charge in [0.1, 0.15) is 5.54 Å². The molecular formula is C12H21F3N2O2. The van der Waals surface area contributed by atoms with Crippen molar-refractivity contribution in [2.45, 2.75) is 56.9 Å². The Morgan fingerprint density at radius 3 is 2.42 bits per heavy atom. The van der Waals surface area contributed by atoms with Crippen LogP contribution in [0.4, 0.5) is 13.2 Å². The van der Waals surface area contributed by atoms with Crippen molar-refractivity contribution in [3.63, 3.8) is 0 Å². The van der Waals surface area contributed by atoms with Gasteiger partial charge in [0.25, 0.3) is 0 Å². The number of rotatable bonds is 5. The summed E-state index contributed by atoms with van der Waals surface area (Å²) in [6.45, 7) is 2.41. The molecule has 0 amide bonds. The smallest absolute Gasteiger partial charge is 0.401 e. The van der Waals surface area contributed by atoms with E-state index in [2.05, 4.69) is 5.32 Å². The highest BCUT2D eigenvalue weighted by molar-refractivity contribution is 5.79. The van der Waals surface area contributed by atoms with Gasteiger partial charge in [-0.05, 0) is 40.2 Å². The molecular weight excluding hydrogens is 261 g/mol. The SMILES string of the molecule is CNC1(C(=O)O)CCC(N(CC(F)(F)F)C(C)C)C1. The van der Waals surface area contributed by atoms with Crippen molar-refractivity contribution >= 4 is 5.97 Å². The lowest BCUT2D eigenvalue weighted by Crippen LogP contribution is -2.51. The Bertz CT molecular complexity index is 333. The van der Waals surface area contributed by atoms with Gasteiger partial charge >= 0.3 is 12.1 Å². The largest absolute Gasteiger partial charge is 0.480 e. The van der Waals surface area contributed by atoms with Crippen molar-refractivity contribution in [1.29, 1.82) is 0 Å². The Hall–Kier alpha value is -0.820. The van der Waals surface area contributed by atoms with Gasteiger partial charge in [-0.1, -0.05) is 0 Å². The maximum Gasteiger partial charge on any atom is 0.401 e. The van der Waals surface area contributed by atoms with Gasteiger partial charge in [-0.15, -0.1) is 0 Å². The number of nitrogens with zero attached hydrogens (tertiary/aromatic N) is 1. The summed E-state index contributed by atoms with van der Waals surface area (Å²) < 4.78 is 37.7. The molecule has 0 bridgehead atoms. The van der Waals surface area contributed by atoms with Gasteiger partial charge in [-0.25, -0.2) is 0 Å². The first-order chi connectivity index (χ1) is 8.61. The van der Waals surface area contributed by atoms with Crippen LogP contribution in [0.5, 0.6) is 0 Å². The molecule has 0 aromatic rings. The van der Waals surface area contributed by atoms with Crippen LogP contribution in [0.1, 0.15) is 33.1 Å². The summed E-state index contributed by atoms with van der Waals surface area (Å²) >= 11 is 0. The molecule has 0 radical (unpaired) electrons. The maximum atomic E-state index is 12.6. The number of carboxylic acids is 1. The molecule has 112 valence electrons. The number of halogens is 3. The third kappa shape index (κ3) is 3.82. The number of hydrogen-bond donors (Lipinski definition) is 2. The molecule has 1 aliphatic rings. The predicted octanol–water partition coefficient (Wildman–Crippen LogP) is 1.85. The second-order valence-electron chi connectivity index (χ2n) is 5.42. The molecule has 0 aromatic carbocycles. The first-order valence-electron chi connectivity index (χ1n) is 6.36. The summed E-state index contributed by atoms with van der Waals surface area (Å²) in [5, 5.41) is 12.0. The number of carbonyl (C=O) groups is 1. The number of carboxylic acid groups (broad SMARTS) is 1. The zero-order chi connectivity index (χ0) is 14.8. The second-order valence-corrected chi connectivity index (χ2v) is 5.42. The molecule has 2 unspecified atom stereocenters. The average molecular weight is 282 g/mol. The Kier molecular flexibility index (Phi) is 4.84. The van der Waals surface area contributed by atoms with Crippen molar-refractivity contribution in [2.24, 2.45) is 0 Å². The Morgan fingerprint density at radius 1 is 1.53 bits per heavy atom. The lowest BCUT2D eigenvalue weighted by Gasteiger charge is -2.34. The lowest BCUT2D eigenvalue weighted by molar-refractivity contribution is -0.155. The van der Waals surface area contributed by atoms with Gasteiger partial charge in [0.05, 0.1) is 6.54 Å². The molecule has 0 aromatic heterocycles. The zero-order valence-corrected chi connectivity index (χ0v) is 11.4. The monoisotopic (exact) mass is 282 g/mol. The summed E-state index contributed by atoms with van der Waals surface area (Å²) in [7, 11) is 1.54. The predicted molar refractivity (Wildman–Crippen MR) is 65.0 cm³/mol. The highest BCUT2D eigenvalue weighted by Crippen LogP contribution is 2.35. The third-order valence-corrected chi connectivity index (χ3v) is 3.87. The minimum Gasteiger partial charge on any atom is -0.480 e. The normalized spacial score (nSPS) is 28.3. The zero-order valence-electron chi connectivity index (χ0n) is 11.4. The molecule has 1 rings (SSSR count). The highest BCUT2D eigenvalue weighted by atomic mass is 19.4. The lowest BCUT2D eigenvalue weighted by atomic mass is 9.97.